The molecule has 0 fully saturated rings. The largest absolute Gasteiger partial charge is 0.298 e. The smallest absolute Gasteiger partial charge is 0.281 e. The zero-order valence-corrected chi connectivity index (χ0v) is 15.0. The topological polar surface area (TPSA) is 82.6 Å². The maximum absolute atomic E-state index is 12.2. The fourth-order valence-corrected chi connectivity index (χ4v) is 4.59. The van der Waals surface area contributed by atoms with Crippen LogP contribution in [0.5, 0.6) is 0 Å². The van der Waals surface area contributed by atoms with E-state index in [4.69, 9.17) is 0 Å². The lowest BCUT2D eigenvalue weighted by molar-refractivity contribution is 0.102. The number of hydrogen-bond acceptors (Lipinski definition) is 5. The predicted octanol–water partition coefficient (Wildman–Crippen LogP) is 1.56. The van der Waals surface area contributed by atoms with Gasteiger partial charge in [0.05, 0.1) is 12.2 Å². The molecule has 2 heterocycles. The summed E-state index contributed by atoms with van der Waals surface area (Å²) in [6, 6.07) is 8.90. The second kappa shape index (κ2) is 6.60. The first kappa shape index (κ1) is 17.0. The summed E-state index contributed by atoms with van der Waals surface area (Å²) in [4.78, 5) is 17.5. The van der Waals surface area contributed by atoms with Gasteiger partial charge in [-0.2, -0.15) is 17.0 Å². The van der Waals surface area contributed by atoms with Gasteiger partial charge in [-0.15, -0.1) is 11.3 Å². The molecule has 1 aromatic carbocycles. The minimum Gasteiger partial charge on any atom is -0.298 e. The number of aromatic nitrogens is 1. The van der Waals surface area contributed by atoms with E-state index in [-0.39, 0.29) is 12.5 Å². The van der Waals surface area contributed by atoms with E-state index < -0.39 is 10.2 Å². The molecular formula is C15H18N4O3S2. The zero-order chi connectivity index (χ0) is 17.3. The van der Waals surface area contributed by atoms with E-state index in [1.54, 1.807) is 24.3 Å². The number of amides is 1. The summed E-state index contributed by atoms with van der Waals surface area (Å²) in [5.41, 5.74) is 1.41. The number of carbonyl (C=O) groups excluding carboxylic acids is 1. The number of carbonyl (C=O) groups is 1. The molecule has 1 amide bonds. The van der Waals surface area contributed by atoms with Gasteiger partial charge in [-0.05, 0) is 12.1 Å². The Morgan fingerprint density at radius 2 is 2.00 bits per heavy atom. The van der Waals surface area contributed by atoms with Crippen molar-refractivity contribution >= 4 is 32.6 Å². The quantitative estimate of drug-likeness (QED) is 0.890. The molecule has 0 unspecified atom stereocenters. The molecule has 0 radical (unpaired) electrons. The third kappa shape index (κ3) is 3.34. The molecule has 0 atom stereocenters. The van der Waals surface area contributed by atoms with Crippen LogP contribution in [0, 0.1) is 0 Å². The van der Waals surface area contributed by atoms with Gasteiger partial charge in [0.1, 0.15) is 0 Å². The predicted molar refractivity (Wildman–Crippen MR) is 93.2 cm³/mol. The van der Waals surface area contributed by atoms with Crippen molar-refractivity contribution in [2.45, 2.75) is 13.0 Å². The van der Waals surface area contributed by atoms with Gasteiger partial charge < -0.3 is 0 Å². The standard InChI is InChI=1S/C15H18N4O3S2/c1-18(2)24(21,22)19-9-8-12-13(10-19)23-15(16-12)17-14(20)11-6-4-3-5-7-11/h3-7H,8-10H2,1-2H3,(H,16,17,20). The summed E-state index contributed by atoms with van der Waals surface area (Å²) in [6.07, 6.45) is 0.542. The van der Waals surface area contributed by atoms with Gasteiger partial charge in [-0.3, -0.25) is 10.1 Å². The van der Waals surface area contributed by atoms with E-state index in [0.29, 0.717) is 23.7 Å². The molecule has 24 heavy (non-hydrogen) atoms. The Balaban J connectivity index is 1.75. The molecule has 0 saturated heterocycles. The minimum atomic E-state index is -3.44. The Hall–Kier alpha value is -1.81. The molecule has 1 N–H and O–H groups in total. The highest BCUT2D eigenvalue weighted by molar-refractivity contribution is 7.86. The molecule has 9 heteroatoms. The van der Waals surface area contributed by atoms with Crippen LogP contribution < -0.4 is 5.32 Å². The second-order valence-corrected chi connectivity index (χ2v) is 8.81. The Kier molecular flexibility index (Phi) is 4.68. The summed E-state index contributed by atoms with van der Waals surface area (Å²) >= 11 is 1.32. The van der Waals surface area contributed by atoms with E-state index in [2.05, 4.69) is 10.3 Å². The van der Waals surface area contributed by atoms with Gasteiger partial charge in [0, 0.05) is 37.5 Å². The molecule has 7 nitrogen and oxygen atoms in total. The first-order chi connectivity index (χ1) is 11.4. The summed E-state index contributed by atoms with van der Waals surface area (Å²) in [7, 11) is -0.407. The van der Waals surface area contributed by atoms with Crippen molar-refractivity contribution < 1.29 is 13.2 Å². The zero-order valence-electron chi connectivity index (χ0n) is 13.4. The van der Waals surface area contributed by atoms with Crippen LogP contribution in [-0.2, 0) is 23.2 Å². The van der Waals surface area contributed by atoms with E-state index in [9.17, 15) is 13.2 Å². The van der Waals surface area contributed by atoms with Crippen molar-refractivity contribution in [3.05, 3.63) is 46.5 Å². The Bertz CT molecular complexity index is 847. The lowest BCUT2D eigenvalue weighted by Crippen LogP contribution is -2.42. The van der Waals surface area contributed by atoms with Crippen molar-refractivity contribution in [1.82, 2.24) is 13.6 Å². The molecule has 1 aliphatic rings. The molecule has 2 aromatic rings. The fourth-order valence-electron chi connectivity index (χ4n) is 2.41. The van der Waals surface area contributed by atoms with Crippen LogP contribution in [0.1, 0.15) is 20.9 Å². The van der Waals surface area contributed by atoms with Crippen molar-refractivity contribution in [1.29, 1.82) is 0 Å². The average molecular weight is 366 g/mol. The van der Waals surface area contributed by atoms with Crippen LogP contribution in [0.2, 0.25) is 0 Å². The van der Waals surface area contributed by atoms with Crippen molar-refractivity contribution in [3.8, 4) is 0 Å². The average Bonchev–Trinajstić information content (AvgIpc) is 2.96. The van der Waals surface area contributed by atoms with E-state index >= 15 is 0 Å². The van der Waals surface area contributed by atoms with Crippen LogP contribution >= 0.6 is 11.3 Å². The third-order valence-corrected chi connectivity index (χ3v) is 6.63. The van der Waals surface area contributed by atoms with Gasteiger partial charge in [0.25, 0.3) is 16.1 Å². The van der Waals surface area contributed by atoms with Crippen LogP contribution in [-0.4, -0.2) is 48.6 Å². The highest BCUT2D eigenvalue weighted by Gasteiger charge is 2.30. The number of benzene rings is 1. The normalized spacial score (nSPS) is 15.3. The summed E-state index contributed by atoms with van der Waals surface area (Å²) in [6.45, 7) is 0.679. The summed E-state index contributed by atoms with van der Waals surface area (Å²) in [5, 5.41) is 3.28. The molecule has 0 saturated carbocycles. The molecule has 1 aromatic heterocycles. The van der Waals surface area contributed by atoms with Gasteiger partial charge in [-0.1, -0.05) is 18.2 Å². The second-order valence-electron chi connectivity index (χ2n) is 5.58. The fraction of sp³-hybridized carbons (Fsp3) is 0.333. The molecule has 3 rings (SSSR count). The van der Waals surface area contributed by atoms with Gasteiger partial charge in [0.2, 0.25) is 0 Å². The number of thiazole rings is 1. The number of rotatable bonds is 4. The number of hydrogen-bond donors (Lipinski definition) is 1. The van der Waals surface area contributed by atoms with Crippen molar-refractivity contribution in [3.63, 3.8) is 0 Å². The Labute approximate surface area is 145 Å². The van der Waals surface area contributed by atoms with Gasteiger partial charge in [0.15, 0.2) is 5.13 Å². The maximum atomic E-state index is 12.2. The van der Waals surface area contributed by atoms with Crippen LogP contribution in [0.15, 0.2) is 30.3 Å². The number of nitrogens with zero attached hydrogens (tertiary/aromatic N) is 3. The maximum Gasteiger partial charge on any atom is 0.281 e. The Morgan fingerprint density at radius 1 is 1.29 bits per heavy atom. The van der Waals surface area contributed by atoms with Crippen molar-refractivity contribution in [2.24, 2.45) is 0 Å². The number of nitrogens with one attached hydrogen (secondary N) is 1. The van der Waals surface area contributed by atoms with E-state index in [1.165, 1.54) is 34.0 Å². The monoisotopic (exact) mass is 366 g/mol. The molecule has 0 aliphatic carbocycles. The molecule has 1 aliphatic heterocycles. The first-order valence-corrected chi connectivity index (χ1v) is 9.62. The third-order valence-electron chi connectivity index (χ3n) is 3.74. The van der Waals surface area contributed by atoms with Gasteiger partial charge >= 0.3 is 0 Å². The SMILES string of the molecule is CN(C)S(=O)(=O)N1CCc2nc(NC(=O)c3ccccc3)sc2C1. The van der Waals surface area contributed by atoms with Crippen LogP contribution in [0.4, 0.5) is 5.13 Å². The summed E-state index contributed by atoms with van der Waals surface area (Å²) < 4.78 is 27.1. The molecule has 0 spiro atoms. The molecule has 128 valence electrons. The number of fused-ring (bicyclic) bond motifs is 1. The lowest BCUT2D eigenvalue weighted by Gasteiger charge is -2.27. The Morgan fingerprint density at radius 3 is 2.67 bits per heavy atom. The van der Waals surface area contributed by atoms with E-state index in [0.717, 1.165) is 10.6 Å². The molecule has 0 bridgehead atoms. The van der Waals surface area contributed by atoms with E-state index in [1.807, 2.05) is 6.07 Å². The lowest BCUT2D eigenvalue weighted by atomic mass is 10.2. The minimum absolute atomic E-state index is 0.223. The molecular weight excluding hydrogens is 348 g/mol. The van der Waals surface area contributed by atoms with Crippen molar-refractivity contribution in [2.75, 3.05) is 26.0 Å². The highest BCUT2D eigenvalue weighted by atomic mass is 32.2. The first-order valence-electron chi connectivity index (χ1n) is 7.40. The summed E-state index contributed by atoms with van der Waals surface area (Å²) in [5.74, 6) is -0.223. The van der Waals surface area contributed by atoms with Gasteiger partial charge in [-0.25, -0.2) is 4.98 Å². The van der Waals surface area contributed by atoms with Crippen LogP contribution in [0.25, 0.3) is 0 Å². The highest BCUT2D eigenvalue weighted by Crippen LogP contribution is 2.30. The number of anilines is 1. The van der Waals surface area contributed by atoms with Crippen LogP contribution in [0.3, 0.4) is 0 Å².